The number of hydrogen-bond acceptors (Lipinski definition) is 4. The standard InChI is InChI=1S/C27H22Cl3FN2O2S/c1-16(2)14-33-26(34)24(36-27(33)32-21-9-5-19(28)6-10-21)13-18-11-22(29)25(23(30)12-18)35-15-17-3-7-20(31)8-4-17/h3-13,16H,14-15H2,1-2H3/b24-13-,32-27?. The molecule has 3 aromatic carbocycles. The summed E-state index contributed by atoms with van der Waals surface area (Å²) < 4.78 is 18.9. The van der Waals surface area contributed by atoms with Crippen LogP contribution in [0.5, 0.6) is 5.75 Å². The first-order chi connectivity index (χ1) is 17.2. The van der Waals surface area contributed by atoms with Gasteiger partial charge in [0.2, 0.25) is 0 Å². The molecule has 1 aliphatic heterocycles. The Balaban J connectivity index is 1.57. The minimum absolute atomic E-state index is 0.134. The van der Waals surface area contributed by atoms with Gasteiger partial charge >= 0.3 is 0 Å². The molecule has 0 saturated carbocycles. The van der Waals surface area contributed by atoms with Crippen molar-refractivity contribution in [1.82, 2.24) is 4.90 Å². The van der Waals surface area contributed by atoms with E-state index in [-0.39, 0.29) is 24.2 Å². The third-order valence-corrected chi connectivity index (χ3v) is 6.92. The van der Waals surface area contributed by atoms with Gasteiger partial charge in [-0.25, -0.2) is 9.38 Å². The largest absolute Gasteiger partial charge is 0.486 e. The number of aliphatic imine (C=N–C) groups is 1. The monoisotopic (exact) mass is 562 g/mol. The number of carbonyl (C=O) groups excluding carboxylic acids is 1. The molecule has 186 valence electrons. The van der Waals surface area contributed by atoms with Crippen LogP contribution in [0.2, 0.25) is 15.1 Å². The van der Waals surface area contributed by atoms with Gasteiger partial charge in [0.05, 0.1) is 20.6 Å². The van der Waals surface area contributed by atoms with Crippen molar-refractivity contribution in [2.24, 2.45) is 10.9 Å². The second-order valence-electron chi connectivity index (χ2n) is 8.52. The van der Waals surface area contributed by atoms with Crippen LogP contribution in [0.15, 0.2) is 70.6 Å². The molecule has 0 aromatic heterocycles. The lowest BCUT2D eigenvalue weighted by Gasteiger charge is -2.17. The Morgan fingerprint density at radius 3 is 2.28 bits per heavy atom. The van der Waals surface area contributed by atoms with Crippen LogP contribution in [-0.4, -0.2) is 22.5 Å². The third kappa shape index (κ3) is 6.62. The van der Waals surface area contributed by atoms with E-state index in [1.165, 1.54) is 23.9 Å². The van der Waals surface area contributed by atoms with Gasteiger partial charge in [0.25, 0.3) is 5.91 Å². The molecule has 0 radical (unpaired) electrons. The molecule has 1 fully saturated rings. The molecule has 9 heteroatoms. The summed E-state index contributed by atoms with van der Waals surface area (Å²) in [5, 5.41) is 1.83. The number of ether oxygens (including phenoxy) is 1. The molecule has 1 aliphatic rings. The van der Waals surface area contributed by atoms with Gasteiger partial charge in [-0.3, -0.25) is 9.69 Å². The Morgan fingerprint density at radius 2 is 1.67 bits per heavy atom. The highest BCUT2D eigenvalue weighted by Crippen LogP contribution is 2.38. The molecule has 0 atom stereocenters. The van der Waals surface area contributed by atoms with Crippen molar-refractivity contribution in [3.8, 4) is 5.75 Å². The van der Waals surface area contributed by atoms with E-state index in [1.54, 1.807) is 59.5 Å². The van der Waals surface area contributed by atoms with Crippen LogP contribution in [-0.2, 0) is 11.4 Å². The SMILES string of the molecule is CC(C)CN1C(=O)/C(=C/c2cc(Cl)c(OCc3ccc(F)cc3)c(Cl)c2)SC1=Nc1ccc(Cl)cc1. The Labute approximate surface area is 228 Å². The first kappa shape index (κ1) is 26.6. The minimum atomic E-state index is -0.320. The molecule has 4 nitrogen and oxygen atoms in total. The van der Waals surface area contributed by atoms with Gasteiger partial charge in [-0.05, 0) is 83.4 Å². The van der Waals surface area contributed by atoms with Crippen LogP contribution < -0.4 is 4.74 Å². The van der Waals surface area contributed by atoms with E-state index in [1.807, 2.05) is 13.8 Å². The van der Waals surface area contributed by atoms with Crippen molar-refractivity contribution in [2.75, 3.05) is 6.54 Å². The maximum atomic E-state index is 13.2. The van der Waals surface area contributed by atoms with Crippen molar-refractivity contribution in [3.05, 3.63) is 97.6 Å². The molecule has 0 bridgehead atoms. The van der Waals surface area contributed by atoms with Crippen molar-refractivity contribution < 1.29 is 13.9 Å². The van der Waals surface area contributed by atoms with Crippen molar-refractivity contribution in [2.45, 2.75) is 20.5 Å². The second-order valence-corrected chi connectivity index (χ2v) is 10.8. The Hall–Kier alpha value is -2.51. The summed E-state index contributed by atoms with van der Waals surface area (Å²) >= 11 is 20.2. The van der Waals surface area contributed by atoms with Crippen LogP contribution in [0.4, 0.5) is 10.1 Å². The quantitative estimate of drug-likeness (QED) is 0.270. The van der Waals surface area contributed by atoms with E-state index in [0.29, 0.717) is 48.7 Å². The molecule has 36 heavy (non-hydrogen) atoms. The average Bonchev–Trinajstić information content (AvgIpc) is 3.09. The molecule has 1 saturated heterocycles. The zero-order valence-electron chi connectivity index (χ0n) is 19.5. The molecule has 1 heterocycles. The maximum Gasteiger partial charge on any atom is 0.266 e. The summed E-state index contributed by atoms with van der Waals surface area (Å²) in [5.74, 6) is 0.123. The van der Waals surface area contributed by atoms with Crippen molar-refractivity contribution in [1.29, 1.82) is 0 Å². The molecule has 1 amide bonds. The van der Waals surface area contributed by atoms with Gasteiger partial charge in [0.1, 0.15) is 12.4 Å². The van der Waals surface area contributed by atoms with Gasteiger partial charge in [0.15, 0.2) is 10.9 Å². The fourth-order valence-electron chi connectivity index (χ4n) is 3.43. The molecule has 4 rings (SSSR count). The lowest BCUT2D eigenvalue weighted by atomic mass is 10.2. The number of amidine groups is 1. The maximum absolute atomic E-state index is 13.2. The van der Waals surface area contributed by atoms with E-state index in [4.69, 9.17) is 39.5 Å². The Bertz CT molecular complexity index is 1300. The first-order valence-electron chi connectivity index (χ1n) is 11.1. The number of amides is 1. The number of carbonyl (C=O) groups is 1. The van der Waals surface area contributed by atoms with E-state index in [2.05, 4.69) is 4.99 Å². The van der Waals surface area contributed by atoms with E-state index >= 15 is 0 Å². The second kappa shape index (κ2) is 11.7. The van der Waals surface area contributed by atoms with Gasteiger partial charge in [-0.15, -0.1) is 0 Å². The van der Waals surface area contributed by atoms with E-state index < -0.39 is 0 Å². The summed E-state index contributed by atoms with van der Waals surface area (Å²) in [6.07, 6.45) is 1.74. The van der Waals surface area contributed by atoms with Gasteiger partial charge in [-0.2, -0.15) is 0 Å². The number of nitrogens with zero attached hydrogens (tertiary/aromatic N) is 2. The summed E-state index contributed by atoms with van der Waals surface area (Å²) in [6.45, 7) is 4.81. The number of rotatable bonds is 7. The lowest BCUT2D eigenvalue weighted by Crippen LogP contribution is -2.32. The summed E-state index contributed by atoms with van der Waals surface area (Å²) in [6, 6.07) is 16.5. The van der Waals surface area contributed by atoms with Crippen LogP contribution in [0.25, 0.3) is 6.08 Å². The van der Waals surface area contributed by atoms with Gasteiger partial charge < -0.3 is 4.74 Å². The van der Waals surface area contributed by atoms with Crippen molar-refractivity contribution in [3.63, 3.8) is 0 Å². The lowest BCUT2D eigenvalue weighted by molar-refractivity contribution is -0.122. The number of thioether (sulfide) groups is 1. The molecule has 0 aliphatic carbocycles. The molecule has 0 spiro atoms. The zero-order chi connectivity index (χ0) is 25.8. The van der Waals surface area contributed by atoms with Crippen LogP contribution in [0.1, 0.15) is 25.0 Å². The average molecular weight is 564 g/mol. The predicted molar refractivity (Wildman–Crippen MR) is 148 cm³/mol. The summed E-state index contributed by atoms with van der Waals surface area (Å²) in [5.41, 5.74) is 2.14. The Kier molecular flexibility index (Phi) is 8.62. The molecule has 0 N–H and O–H groups in total. The molecular formula is C27H22Cl3FN2O2S. The fraction of sp³-hybridized carbons (Fsp3) is 0.185. The third-order valence-electron chi connectivity index (χ3n) is 5.10. The number of hydrogen-bond donors (Lipinski definition) is 0. The first-order valence-corrected chi connectivity index (χ1v) is 13.1. The highest BCUT2D eigenvalue weighted by Gasteiger charge is 2.33. The molecule has 3 aromatic rings. The smallest absolute Gasteiger partial charge is 0.266 e. The highest BCUT2D eigenvalue weighted by molar-refractivity contribution is 8.18. The zero-order valence-corrected chi connectivity index (χ0v) is 22.6. The van der Waals surface area contributed by atoms with Gasteiger partial charge in [-0.1, -0.05) is 60.8 Å². The summed E-state index contributed by atoms with van der Waals surface area (Å²) in [7, 11) is 0. The van der Waals surface area contributed by atoms with Crippen LogP contribution in [0.3, 0.4) is 0 Å². The molecule has 0 unspecified atom stereocenters. The minimum Gasteiger partial charge on any atom is -0.486 e. The normalized spacial score (nSPS) is 16.0. The highest BCUT2D eigenvalue weighted by atomic mass is 35.5. The summed E-state index contributed by atoms with van der Waals surface area (Å²) in [4.78, 5) is 20.1. The van der Waals surface area contributed by atoms with Crippen LogP contribution >= 0.6 is 46.6 Å². The number of halogens is 4. The van der Waals surface area contributed by atoms with Gasteiger partial charge in [0, 0.05) is 11.6 Å². The fourth-order valence-corrected chi connectivity index (χ4v) is 5.18. The number of benzene rings is 3. The topological polar surface area (TPSA) is 41.9 Å². The van der Waals surface area contributed by atoms with E-state index in [9.17, 15) is 9.18 Å². The predicted octanol–water partition coefficient (Wildman–Crippen LogP) is 8.62. The molecular weight excluding hydrogens is 542 g/mol. The van der Waals surface area contributed by atoms with E-state index in [0.717, 1.165) is 5.56 Å². The van der Waals surface area contributed by atoms with Crippen LogP contribution in [0, 0.1) is 11.7 Å². The Morgan fingerprint density at radius 1 is 1.03 bits per heavy atom. The van der Waals surface area contributed by atoms with Crippen molar-refractivity contribution >= 4 is 69.4 Å².